The number of piperidine rings is 1. The maximum atomic E-state index is 13.0. The summed E-state index contributed by atoms with van der Waals surface area (Å²) in [6.07, 6.45) is 7.51. The van der Waals surface area contributed by atoms with Gasteiger partial charge in [-0.1, -0.05) is 35.5 Å². The molecule has 3 aromatic heterocycles. The third kappa shape index (κ3) is 4.46. The summed E-state index contributed by atoms with van der Waals surface area (Å²) in [5.74, 6) is 1.77. The number of hydrogen-bond acceptors (Lipinski definition) is 6. The predicted octanol–water partition coefficient (Wildman–Crippen LogP) is 4.76. The maximum absolute atomic E-state index is 13.0. The van der Waals surface area contributed by atoms with E-state index in [4.69, 9.17) is 9.51 Å². The molecule has 4 heterocycles. The predicted molar refractivity (Wildman–Crippen MR) is 129 cm³/mol. The van der Waals surface area contributed by atoms with Gasteiger partial charge >= 0.3 is 0 Å². The molecule has 0 unspecified atom stereocenters. The first-order valence-electron chi connectivity index (χ1n) is 11.6. The van der Waals surface area contributed by atoms with Gasteiger partial charge in [-0.3, -0.25) is 9.78 Å². The zero-order valence-electron chi connectivity index (χ0n) is 19.4. The lowest BCUT2D eigenvalue weighted by Gasteiger charge is -2.32. The summed E-state index contributed by atoms with van der Waals surface area (Å²) >= 11 is 0. The van der Waals surface area contributed by atoms with Gasteiger partial charge in [0, 0.05) is 54.3 Å². The second kappa shape index (κ2) is 9.55. The second-order valence-electron chi connectivity index (χ2n) is 8.73. The molecule has 1 amide bonds. The molecule has 172 valence electrons. The quantitative estimate of drug-likeness (QED) is 0.433. The molecule has 0 aliphatic carbocycles. The van der Waals surface area contributed by atoms with E-state index < -0.39 is 0 Å². The Kier molecular flexibility index (Phi) is 6.16. The normalized spacial score (nSPS) is 14.4. The van der Waals surface area contributed by atoms with Crippen molar-refractivity contribution in [2.45, 2.75) is 39.0 Å². The van der Waals surface area contributed by atoms with Crippen LogP contribution in [0.2, 0.25) is 0 Å². The molecule has 0 radical (unpaired) electrons. The Morgan fingerprint density at radius 3 is 2.47 bits per heavy atom. The summed E-state index contributed by atoms with van der Waals surface area (Å²) in [6.45, 7) is 5.14. The molecule has 0 spiro atoms. The van der Waals surface area contributed by atoms with Crippen molar-refractivity contribution in [2.24, 2.45) is 0 Å². The van der Waals surface area contributed by atoms with Crippen LogP contribution in [0.3, 0.4) is 0 Å². The number of aryl methyl sites for hydroxylation is 2. The smallest absolute Gasteiger partial charge is 0.227 e. The highest BCUT2D eigenvalue weighted by Crippen LogP contribution is 2.35. The molecule has 34 heavy (non-hydrogen) atoms. The van der Waals surface area contributed by atoms with Crippen LogP contribution in [0.1, 0.15) is 41.5 Å². The van der Waals surface area contributed by atoms with Crippen LogP contribution in [0, 0.1) is 13.8 Å². The third-order valence-electron chi connectivity index (χ3n) is 6.57. The highest BCUT2D eigenvalue weighted by atomic mass is 16.5. The monoisotopic (exact) mass is 453 g/mol. The number of benzene rings is 1. The molecule has 1 aliphatic heterocycles. The molecule has 4 aromatic rings. The molecule has 0 N–H and O–H groups in total. The first-order valence-corrected chi connectivity index (χ1v) is 11.6. The van der Waals surface area contributed by atoms with E-state index in [1.54, 1.807) is 12.4 Å². The first-order chi connectivity index (χ1) is 16.6. The number of aromatic nitrogens is 4. The van der Waals surface area contributed by atoms with Gasteiger partial charge in [0.1, 0.15) is 5.76 Å². The van der Waals surface area contributed by atoms with E-state index in [0.29, 0.717) is 25.3 Å². The van der Waals surface area contributed by atoms with Gasteiger partial charge in [0.05, 0.1) is 17.8 Å². The number of likely N-dealkylation sites (tertiary alicyclic amines) is 1. The first kappa shape index (κ1) is 21.9. The molecular formula is C27H27N5O2. The van der Waals surface area contributed by atoms with Crippen molar-refractivity contribution in [2.75, 3.05) is 13.1 Å². The average Bonchev–Trinajstić information content (AvgIpc) is 3.21. The number of pyridine rings is 1. The second-order valence-corrected chi connectivity index (χ2v) is 8.73. The Morgan fingerprint density at radius 2 is 1.79 bits per heavy atom. The highest BCUT2D eigenvalue weighted by Gasteiger charge is 2.28. The van der Waals surface area contributed by atoms with Gasteiger partial charge in [0.25, 0.3) is 0 Å². The fourth-order valence-electron chi connectivity index (χ4n) is 4.60. The van der Waals surface area contributed by atoms with E-state index in [0.717, 1.165) is 52.2 Å². The Morgan fingerprint density at radius 1 is 1.03 bits per heavy atom. The van der Waals surface area contributed by atoms with Crippen molar-refractivity contribution in [3.63, 3.8) is 0 Å². The topological polar surface area (TPSA) is 85.0 Å². The molecule has 5 rings (SSSR count). The average molecular weight is 454 g/mol. The van der Waals surface area contributed by atoms with E-state index in [1.807, 2.05) is 55.3 Å². The van der Waals surface area contributed by atoms with Crippen LogP contribution in [0.4, 0.5) is 0 Å². The van der Waals surface area contributed by atoms with E-state index >= 15 is 0 Å². The summed E-state index contributed by atoms with van der Waals surface area (Å²) < 4.78 is 5.22. The standard InChI is InChI=1S/C27H27N5O2/c1-18-23(19(2)34-31-18)15-25(33)32-13-10-21(11-14-32)26-24(20-7-4-3-5-8-20)17-29-27(30-26)22-9-6-12-28-16-22/h3-9,12,16-17,21H,10-11,13-15H2,1-2H3. The molecule has 0 saturated carbocycles. The van der Waals surface area contributed by atoms with Crippen molar-refractivity contribution < 1.29 is 9.32 Å². The summed E-state index contributed by atoms with van der Waals surface area (Å²) in [4.78, 5) is 28.8. The van der Waals surface area contributed by atoms with Crippen LogP contribution >= 0.6 is 0 Å². The van der Waals surface area contributed by atoms with E-state index in [9.17, 15) is 4.79 Å². The number of nitrogens with zero attached hydrogens (tertiary/aromatic N) is 5. The molecule has 1 fully saturated rings. The molecular weight excluding hydrogens is 426 g/mol. The van der Waals surface area contributed by atoms with E-state index in [1.165, 1.54) is 0 Å². The van der Waals surface area contributed by atoms with E-state index in [-0.39, 0.29) is 11.8 Å². The van der Waals surface area contributed by atoms with Crippen LogP contribution in [-0.2, 0) is 11.2 Å². The molecule has 0 bridgehead atoms. The molecule has 0 atom stereocenters. The number of hydrogen-bond donors (Lipinski definition) is 0. The maximum Gasteiger partial charge on any atom is 0.227 e. The number of rotatable bonds is 5. The minimum Gasteiger partial charge on any atom is -0.361 e. The largest absolute Gasteiger partial charge is 0.361 e. The van der Waals surface area contributed by atoms with Crippen LogP contribution in [-0.4, -0.2) is 44.0 Å². The molecule has 1 aliphatic rings. The van der Waals surface area contributed by atoms with Crippen LogP contribution < -0.4 is 0 Å². The van der Waals surface area contributed by atoms with E-state index in [2.05, 4.69) is 27.3 Å². The van der Waals surface area contributed by atoms with Gasteiger partial charge < -0.3 is 9.42 Å². The summed E-state index contributed by atoms with van der Waals surface area (Å²) in [5.41, 5.74) is 5.78. The van der Waals surface area contributed by atoms with Gasteiger partial charge in [-0.2, -0.15) is 0 Å². The molecule has 7 nitrogen and oxygen atoms in total. The van der Waals surface area contributed by atoms with Gasteiger partial charge in [0.15, 0.2) is 5.82 Å². The summed E-state index contributed by atoms with van der Waals surface area (Å²) in [5, 5.41) is 3.97. The van der Waals surface area contributed by atoms with Crippen molar-refractivity contribution in [1.29, 1.82) is 0 Å². The Balaban J connectivity index is 1.38. The highest BCUT2D eigenvalue weighted by molar-refractivity contribution is 5.79. The Bertz CT molecular complexity index is 1260. The van der Waals surface area contributed by atoms with Crippen LogP contribution in [0.25, 0.3) is 22.5 Å². The van der Waals surface area contributed by atoms with Crippen molar-refractivity contribution in [3.05, 3.63) is 83.8 Å². The lowest BCUT2D eigenvalue weighted by Crippen LogP contribution is -2.39. The van der Waals surface area contributed by atoms with Crippen LogP contribution in [0.5, 0.6) is 0 Å². The molecule has 1 saturated heterocycles. The van der Waals surface area contributed by atoms with Gasteiger partial charge in [-0.05, 0) is 44.4 Å². The number of carbonyl (C=O) groups excluding carboxylic acids is 1. The van der Waals surface area contributed by atoms with Crippen molar-refractivity contribution in [3.8, 4) is 22.5 Å². The minimum absolute atomic E-state index is 0.120. The minimum atomic E-state index is 0.120. The van der Waals surface area contributed by atoms with Gasteiger partial charge in [-0.15, -0.1) is 0 Å². The Hall–Kier alpha value is -3.87. The Labute approximate surface area is 198 Å². The fourth-order valence-corrected chi connectivity index (χ4v) is 4.60. The molecule has 1 aromatic carbocycles. The lowest BCUT2D eigenvalue weighted by atomic mass is 9.88. The third-order valence-corrected chi connectivity index (χ3v) is 6.57. The van der Waals surface area contributed by atoms with Crippen molar-refractivity contribution in [1.82, 2.24) is 25.0 Å². The van der Waals surface area contributed by atoms with Gasteiger partial charge in [0.2, 0.25) is 5.91 Å². The SMILES string of the molecule is Cc1noc(C)c1CC(=O)N1CCC(c2nc(-c3cccnc3)ncc2-c2ccccc2)CC1. The zero-order chi connectivity index (χ0) is 23.5. The van der Waals surface area contributed by atoms with Crippen molar-refractivity contribution >= 4 is 5.91 Å². The van der Waals surface area contributed by atoms with Gasteiger partial charge in [-0.25, -0.2) is 9.97 Å². The fraction of sp³-hybridized carbons (Fsp3) is 0.296. The lowest BCUT2D eigenvalue weighted by molar-refractivity contribution is -0.131. The number of carbonyl (C=O) groups is 1. The van der Waals surface area contributed by atoms with Crippen LogP contribution in [0.15, 0.2) is 65.6 Å². The summed E-state index contributed by atoms with van der Waals surface area (Å²) in [6, 6.07) is 14.1. The molecule has 7 heteroatoms. The zero-order valence-corrected chi connectivity index (χ0v) is 19.4. The summed E-state index contributed by atoms with van der Waals surface area (Å²) in [7, 11) is 0. The number of amides is 1.